The molecule has 1 fully saturated rings. The lowest BCUT2D eigenvalue weighted by molar-refractivity contribution is 0.0697. The van der Waals surface area contributed by atoms with Crippen molar-refractivity contribution < 1.29 is 13.2 Å². The summed E-state index contributed by atoms with van der Waals surface area (Å²) < 4.78 is 28.7. The zero-order valence-electron chi connectivity index (χ0n) is 16.7. The Balaban J connectivity index is 1.52. The maximum atomic E-state index is 13.2. The van der Waals surface area contributed by atoms with Crippen molar-refractivity contribution in [3.8, 4) is 5.69 Å². The minimum Gasteiger partial charge on any atom is -0.336 e. The minimum atomic E-state index is -3.73. The van der Waals surface area contributed by atoms with Gasteiger partial charge in [0.2, 0.25) is 10.0 Å². The molecular weight excluding hydrogens is 459 g/mol. The van der Waals surface area contributed by atoms with Gasteiger partial charge in [0, 0.05) is 26.2 Å². The summed E-state index contributed by atoms with van der Waals surface area (Å²) in [5, 5.41) is 4.83. The smallest absolute Gasteiger partial charge is 0.259 e. The van der Waals surface area contributed by atoms with E-state index in [1.54, 1.807) is 30.0 Å². The van der Waals surface area contributed by atoms with Crippen molar-refractivity contribution in [1.29, 1.82) is 0 Å². The first kappa shape index (κ1) is 21.8. The number of aromatic nitrogens is 2. The van der Waals surface area contributed by atoms with Crippen LogP contribution in [-0.2, 0) is 10.0 Å². The van der Waals surface area contributed by atoms with Gasteiger partial charge in [-0.2, -0.15) is 9.40 Å². The van der Waals surface area contributed by atoms with E-state index in [9.17, 15) is 13.2 Å². The molecule has 3 aromatic rings. The molecule has 162 valence electrons. The van der Waals surface area contributed by atoms with Gasteiger partial charge in [-0.15, -0.1) is 0 Å². The lowest BCUT2D eigenvalue weighted by atomic mass is 10.2. The summed E-state index contributed by atoms with van der Waals surface area (Å²) in [5.74, 6) is -0.264. The Kier molecular flexibility index (Phi) is 6.07. The minimum absolute atomic E-state index is 0.0690. The highest BCUT2D eigenvalue weighted by Gasteiger charge is 2.33. The third-order valence-electron chi connectivity index (χ3n) is 5.20. The molecule has 1 saturated heterocycles. The standard InChI is InChI=1S/C21H20Cl2N4O3S/c1-15-19(20(23)27(24-15)16-7-3-2-4-8-16)21(28)25-11-13-26(14-12-25)31(29,30)18-10-6-5-9-17(18)22/h2-10H,11-14H2,1H3. The van der Waals surface area contributed by atoms with E-state index in [0.717, 1.165) is 5.69 Å². The number of hydrogen-bond acceptors (Lipinski definition) is 4. The van der Waals surface area contributed by atoms with Gasteiger partial charge in [-0.25, -0.2) is 13.1 Å². The predicted molar refractivity (Wildman–Crippen MR) is 119 cm³/mol. The second-order valence-corrected chi connectivity index (χ2v) is 9.80. The monoisotopic (exact) mass is 478 g/mol. The topological polar surface area (TPSA) is 75.5 Å². The fourth-order valence-electron chi connectivity index (χ4n) is 3.57. The van der Waals surface area contributed by atoms with E-state index in [2.05, 4.69) is 5.10 Å². The number of rotatable bonds is 4. The summed E-state index contributed by atoms with van der Waals surface area (Å²) >= 11 is 12.6. The highest BCUT2D eigenvalue weighted by Crippen LogP contribution is 2.27. The number of carbonyl (C=O) groups excluding carboxylic acids is 1. The van der Waals surface area contributed by atoms with Crippen LogP contribution in [0.4, 0.5) is 0 Å². The van der Waals surface area contributed by atoms with Gasteiger partial charge >= 0.3 is 0 Å². The van der Waals surface area contributed by atoms with Crippen LogP contribution in [0.25, 0.3) is 5.69 Å². The normalized spacial score (nSPS) is 15.3. The van der Waals surface area contributed by atoms with Gasteiger partial charge in [0.25, 0.3) is 5.91 Å². The molecule has 1 aliphatic rings. The maximum absolute atomic E-state index is 13.2. The number of sulfonamides is 1. The fraction of sp³-hybridized carbons (Fsp3) is 0.238. The molecule has 31 heavy (non-hydrogen) atoms. The predicted octanol–water partition coefficient (Wildman–Crippen LogP) is 3.63. The zero-order valence-corrected chi connectivity index (χ0v) is 19.0. The molecule has 4 rings (SSSR count). The molecule has 0 N–H and O–H groups in total. The molecule has 0 spiro atoms. The molecule has 0 bridgehead atoms. The lowest BCUT2D eigenvalue weighted by Gasteiger charge is -2.34. The van der Waals surface area contributed by atoms with E-state index in [0.29, 0.717) is 11.3 Å². The van der Waals surface area contributed by atoms with Crippen molar-refractivity contribution in [1.82, 2.24) is 19.0 Å². The number of nitrogens with zero attached hydrogens (tertiary/aromatic N) is 4. The van der Waals surface area contributed by atoms with E-state index in [1.807, 2.05) is 30.3 Å². The number of hydrogen-bond donors (Lipinski definition) is 0. The van der Waals surface area contributed by atoms with E-state index in [1.165, 1.54) is 15.1 Å². The van der Waals surface area contributed by atoms with Crippen molar-refractivity contribution in [3.05, 3.63) is 76.0 Å². The van der Waals surface area contributed by atoms with E-state index in [4.69, 9.17) is 23.2 Å². The number of para-hydroxylation sites is 1. The van der Waals surface area contributed by atoms with Crippen molar-refractivity contribution >= 4 is 39.1 Å². The van der Waals surface area contributed by atoms with Crippen LogP contribution in [0.1, 0.15) is 16.1 Å². The summed E-state index contributed by atoms with van der Waals surface area (Å²) in [7, 11) is -3.73. The van der Waals surface area contributed by atoms with Crippen LogP contribution < -0.4 is 0 Å². The van der Waals surface area contributed by atoms with Crippen molar-refractivity contribution in [2.45, 2.75) is 11.8 Å². The summed E-state index contributed by atoms with van der Waals surface area (Å²) in [4.78, 5) is 14.8. The Morgan fingerprint density at radius 2 is 1.55 bits per heavy atom. The highest BCUT2D eigenvalue weighted by atomic mass is 35.5. The molecule has 0 atom stereocenters. The number of amides is 1. The number of benzene rings is 2. The van der Waals surface area contributed by atoms with Crippen LogP contribution >= 0.6 is 23.2 Å². The Bertz CT molecular complexity index is 1220. The Labute approximate surface area is 190 Å². The van der Waals surface area contributed by atoms with Gasteiger partial charge in [-0.3, -0.25) is 4.79 Å². The molecule has 0 aliphatic carbocycles. The Morgan fingerprint density at radius 1 is 0.935 bits per heavy atom. The average Bonchev–Trinajstić information content (AvgIpc) is 3.08. The zero-order chi connectivity index (χ0) is 22.2. The summed E-state index contributed by atoms with van der Waals surface area (Å²) in [6.45, 7) is 2.56. The van der Waals surface area contributed by atoms with Crippen LogP contribution in [0, 0.1) is 6.92 Å². The average molecular weight is 479 g/mol. The molecular formula is C21H20Cl2N4O3S. The molecule has 0 unspecified atom stereocenters. The van der Waals surface area contributed by atoms with Gasteiger partial charge in [-0.1, -0.05) is 53.5 Å². The Hall–Kier alpha value is -2.39. The van der Waals surface area contributed by atoms with Crippen molar-refractivity contribution in [2.75, 3.05) is 26.2 Å². The van der Waals surface area contributed by atoms with Crippen LogP contribution in [0.3, 0.4) is 0 Å². The van der Waals surface area contributed by atoms with Gasteiger partial charge < -0.3 is 4.90 Å². The molecule has 0 radical (unpaired) electrons. The molecule has 10 heteroatoms. The largest absolute Gasteiger partial charge is 0.336 e. The summed E-state index contributed by atoms with van der Waals surface area (Å²) in [5.41, 5.74) is 1.60. The second kappa shape index (κ2) is 8.63. The Morgan fingerprint density at radius 3 is 2.19 bits per heavy atom. The van der Waals surface area contributed by atoms with E-state index in [-0.39, 0.29) is 47.2 Å². The number of piperazine rings is 1. The van der Waals surface area contributed by atoms with Gasteiger partial charge in [0.1, 0.15) is 10.0 Å². The van der Waals surface area contributed by atoms with Crippen LogP contribution in [-0.4, -0.2) is 59.5 Å². The number of aryl methyl sites for hydroxylation is 1. The molecule has 1 aliphatic heterocycles. The first-order valence-electron chi connectivity index (χ1n) is 9.65. The van der Waals surface area contributed by atoms with E-state index >= 15 is 0 Å². The van der Waals surface area contributed by atoms with E-state index < -0.39 is 10.0 Å². The number of halogens is 2. The first-order chi connectivity index (χ1) is 14.8. The molecule has 2 aromatic carbocycles. The van der Waals surface area contributed by atoms with Crippen molar-refractivity contribution in [3.63, 3.8) is 0 Å². The molecule has 0 saturated carbocycles. The first-order valence-corrected chi connectivity index (χ1v) is 11.8. The molecule has 1 amide bonds. The number of carbonyl (C=O) groups is 1. The molecule has 1 aromatic heterocycles. The molecule has 2 heterocycles. The third kappa shape index (κ3) is 4.08. The highest BCUT2D eigenvalue weighted by molar-refractivity contribution is 7.89. The van der Waals surface area contributed by atoms with Gasteiger partial charge in [-0.05, 0) is 31.2 Å². The maximum Gasteiger partial charge on any atom is 0.259 e. The van der Waals surface area contributed by atoms with Crippen LogP contribution in [0.5, 0.6) is 0 Å². The van der Waals surface area contributed by atoms with Gasteiger partial charge in [0.15, 0.2) is 0 Å². The summed E-state index contributed by atoms with van der Waals surface area (Å²) in [6.07, 6.45) is 0. The fourth-order valence-corrected chi connectivity index (χ4v) is 5.83. The third-order valence-corrected chi connectivity index (χ3v) is 7.95. The van der Waals surface area contributed by atoms with Crippen LogP contribution in [0.2, 0.25) is 10.2 Å². The lowest BCUT2D eigenvalue weighted by Crippen LogP contribution is -2.50. The SMILES string of the molecule is Cc1nn(-c2ccccc2)c(Cl)c1C(=O)N1CCN(S(=O)(=O)c2ccccc2Cl)CC1. The second-order valence-electron chi connectivity index (χ2n) is 7.13. The molecule has 7 nitrogen and oxygen atoms in total. The van der Waals surface area contributed by atoms with Gasteiger partial charge in [0.05, 0.1) is 22.0 Å². The summed E-state index contributed by atoms with van der Waals surface area (Å²) in [6, 6.07) is 15.7. The van der Waals surface area contributed by atoms with Crippen LogP contribution in [0.15, 0.2) is 59.5 Å². The quantitative estimate of drug-likeness (QED) is 0.573. The van der Waals surface area contributed by atoms with Crippen molar-refractivity contribution in [2.24, 2.45) is 0 Å².